The van der Waals surface area contributed by atoms with Crippen LogP contribution in [0, 0.1) is 6.92 Å². The van der Waals surface area contributed by atoms with E-state index in [-0.39, 0.29) is 0 Å². The van der Waals surface area contributed by atoms with Gasteiger partial charge in [0.15, 0.2) is 5.96 Å². The van der Waals surface area contributed by atoms with Gasteiger partial charge in [-0.3, -0.25) is 4.99 Å². The average molecular weight is 240 g/mol. The number of nitrogens with one attached hydrogen (secondary N) is 2. The molecule has 0 spiro atoms. The van der Waals surface area contributed by atoms with E-state index in [1.165, 1.54) is 0 Å². The quantitative estimate of drug-likeness (QED) is 0.607. The molecule has 90 valence electrons. The predicted molar refractivity (Wildman–Crippen MR) is 70.2 cm³/mol. The zero-order valence-corrected chi connectivity index (χ0v) is 11.0. The van der Waals surface area contributed by atoms with Gasteiger partial charge in [-0.25, -0.2) is 4.98 Å². The topological polar surface area (TPSA) is 49.3 Å². The predicted octanol–water partition coefficient (Wildman–Crippen LogP) is 1.57. The fourth-order valence-corrected chi connectivity index (χ4v) is 1.94. The lowest BCUT2D eigenvalue weighted by Gasteiger charge is -2.09. The zero-order valence-electron chi connectivity index (χ0n) is 10.2. The van der Waals surface area contributed by atoms with Crippen molar-refractivity contribution in [3.63, 3.8) is 0 Å². The fourth-order valence-electron chi connectivity index (χ4n) is 1.30. The molecule has 16 heavy (non-hydrogen) atoms. The number of rotatable bonds is 5. The number of aliphatic imine (C=N–C) groups is 1. The summed E-state index contributed by atoms with van der Waals surface area (Å²) in [6.45, 7) is 5.99. The van der Waals surface area contributed by atoms with Gasteiger partial charge < -0.3 is 10.6 Å². The molecule has 0 aromatic carbocycles. The third kappa shape index (κ3) is 4.61. The second-order valence-electron chi connectivity index (χ2n) is 3.53. The van der Waals surface area contributed by atoms with Gasteiger partial charge in [0.2, 0.25) is 0 Å². The molecule has 0 atom stereocenters. The second-order valence-corrected chi connectivity index (χ2v) is 4.60. The first kappa shape index (κ1) is 13.0. The Morgan fingerprint density at radius 2 is 2.19 bits per heavy atom. The number of hydrogen-bond donors (Lipinski definition) is 2. The molecular formula is C11H20N4S. The van der Waals surface area contributed by atoms with Gasteiger partial charge in [0.25, 0.3) is 0 Å². The smallest absolute Gasteiger partial charge is 0.190 e. The normalized spacial score (nSPS) is 11.6. The molecule has 1 rings (SSSR count). The Hall–Kier alpha value is -1.10. The van der Waals surface area contributed by atoms with Crippen molar-refractivity contribution in [3.05, 3.63) is 16.1 Å². The van der Waals surface area contributed by atoms with Gasteiger partial charge in [0, 0.05) is 31.9 Å². The number of thiazole rings is 1. The fraction of sp³-hybridized carbons (Fsp3) is 0.636. The van der Waals surface area contributed by atoms with E-state index in [0.29, 0.717) is 0 Å². The Kier molecular flexibility index (Phi) is 5.85. The SMILES string of the molecule is CCCNC(=NC)NCCc1csc(C)n1. The summed E-state index contributed by atoms with van der Waals surface area (Å²) < 4.78 is 0. The van der Waals surface area contributed by atoms with E-state index in [9.17, 15) is 0 Å². The maximum Gasteiger partial charge on any atom is 0.190 e. The van der Waals surface area contributed by atoms with Crippen LogP contribution in [0.1, 0.15) is 24.0 Å². The highest BCUT2D eigenvalue weighted by Crippen LogP contribution is 2.07. The summed E-state index contributed by atoms with van der Waals surface area (Å²) in [7, 11) is 1.79. The minimum Gasteiger partial charge on any atom is -0.356 e. The Morgan fingerprint density at radius 3 is 2.75 bits per heavy atom. The summed E-state index contributed by atoms with van der Waals surface area (Å²) in [5.41, 5.74) is 1.15. The maximum absolute atomic E-state index is 4.41. The highest BCUT2D eigenvalue weighted by Gasteiger charge is 1.99. The molecule has 4 nitrogen and oxygen atoms in total. The molecule has 5 heteroatoms. The number of aromatic nitrogens is 1. The molecule has 1 aromatic rings. The molecular weight excluding hydrogens is 220 g/mol. The zero-order chi connectivity index (χ0) is 11.8. The summed E-state index contributed by atoms with van der Waals surface area (Å²) in [5.74, 6) is 0.869. The van der Waals surface area contributed by atoms with Gasteiger partial charge >= 0.3 is 0 Å². The van der Waals surface area contributed by atoms with E-state index < -0.39 is 0 Å². The monoisotopic (exact) mass is 240 g/mol. The number of hydrogen-bond acceptors (Lipinski definition) is 3. The molecule has 0 aliphatic carbocycles. The largest absolute Gasteiger partial charge is 0.356 e. The van der Waals surface area contributed by atoms with Crippen LogP contribution in [0.15, 0.2) is 10.4 Å². The summed E-state index contributed by atoms with van der Waals surface area (Å²) in [4.78, 5) is 8.55. The maximum atomic E-state index is 4.41. The molecule has 1 aromatic heterocycles. The van der Waals surface area contributed by atoms with Gasteiger partial charge in [-0.15, -0.1) is 11.3 Å². The third-order valence-electron chi connectivity index (χ3n) is 2.11. The molecule has 0 unspecified atom stereocenters. The van der Waals surface area contributed by atoms with Gasteiger partial charge in [0.05, 0.1) is 10.7 Å². The van der Waals surface area contributed by atoms with Crippen LogP contribution in [0.5, 0.6) is 0 Å². The van der Waals surface area contributed by atoms with Crippen molar-refractivity contribution in [2.45, 2.75) is 26.7 Å². The first-order valence-electron chi connectivity index (χ1n) is 5.61. The van der Waals surface area contributed by atoms with E-state index in [2.05, 4.69) is 32.9 Å². The lowest BCUT2D eigenvalue weighted by Crippen LogP contribution is -2.38. The molecule has 0 saturated carbocycles. The minimum atomic E-state index is 0.868. The Labute approximate surface area is 101 Å². The molecule has 0 aliphatic heterocycles. The van der Waals surface area contributed by atoms with Crippen molar-refractivity contribution in [1.82, 2.24) is 15.6 Å². The highest BCUT2D eigenvalue weighted by molar-refractivity contribution is 7.09. The lowest BCUT2D eigenvalue weighted by molar-refractivity contribution is 0.768. The van der Waals surface area contributed by atoms with Crippen molar-refractivity contribution in [3.8, 4) is 0 Å². The Morgan fingerprint density at radius 1 is 1.44 bits per heavy atom. The summed E-state index contributed by atoms with van der Waals surface area (Å²) in [5, 5.41) is 9.74. The standard InChI is InChI=1S/C11H20N4S/c1-4-6-13-11(12-3)14-7-5-10-8-16-9(2)15-10/h8H,4-7H2,1-3H3,(H2,12,13,14). The number of guanidine groups is 1. The third-order valence-corrected chi connectivity index (χ3v) is 2.93. The average Bonchev–Trinajstić information content (AvgIpc) is 2.69. The van der Waals surface area contributed by atoms with Gasteiger partial charge in [-0.1, -0.05) is 6.92 Å². The van der Waals surface area contributed by atoms with Crippen LogP contribution in [-0.4, -0.2) is 31.1 Å². The summed E-state index contributed by atoms with van der Waals surface area (Å²) >= 11 is 1.70. The molecule has 0 aliphatic rings. The molecule has 0 bridgehead atoms. The first-order chi connectivity index (χ1) is 7.76. The van der Waals surface area contributed by atoms with Crippen LogP contribution in [0.25, 0.3) is 0 Å². The van der Waals surface area contributed by atoms with E-state index in [1.807, 2.05) is 6.92 Å². The highest BCUT2D eigenvalue weighted by atomic mass is 32.1. The molecule has 0 amide bonds. The number of aryl methyl sites for hydroxylation is 1. The molecule has 0 fully saturated rings. The molecule has 1 heterocycles. The second kappa shape index (κ2) is 7.22. The Balaban J connectivity index is 2.23. The molecule has 0 radical (unpaired) electrons. The molecule has 0 saturated heterocycles. The van der Waals surface area contributed by atoms with Crippen molar-refractivity contribution < 1.29 is 0 Å². The first-order valence-corrected chi connectivity index (χ1v) is 6.49. The van der Waals surface area contributed by atoms with Crippen LogP contribution >= 0.6 is 11.3 Å². The summed E-state index contributed by atoms with van der Waals surface area (Å²) in [6, 6.07) is 0. The van der Waals surface area contributed by atoms with Crippen LogP contribution in [0.3, 0.4) is 0 Å². The van der Waals surface area contributed by atoms with Crippen molar-refractivity contribution >= 4 is 17.3 Å². The van der Waals surface area contributed by atoms with Crippen LogP contribution in [0.4, 0.5) is 0 Å². The van der Waals surface area contributed by atoms with Gasteiger partial charge in [-0.05, 0) is 13.3 Å². The van der Waals surface area contributed by atoms with Crippen molar-refractivity contribution in [2.75, 3.05) is 20.1 Å². The van der Waals surface area contributed by atoms with Gasteiger partial charge in [0.1, 0.15) is 0 Å². The molecule has 2 N–H and O–H groups in total. The van der Waals surface area contributed by atoms with Crippen LogP contribution in [0.2, 0.25) is 0 Å². The van der Waals surface area contributed by atoms with E-state index in [1.54, 1.807) is 18.4 Å². The van der Waals surface area contributed by atoms with Crippen molar-refractivity contribution in [1.29, 1.82) is 0 Å². The summed E-state index contributed by atoms with van der Waals surface area (Å²) in [6.07, 6.45) is 2.04. The minimum absolute atomic E-state index is 0.868. The number of nitrogens with zero attached hydrogens (tertiary/aromatic N) is 2. The lowest BCUT2D eigenvalue weighted by atomic mass is 10.3. The van der Waals surface area contributed by atoms with E-state index in [0.717, 1.165) is 42.6 Å². The van der Waals surface area contributed by atoms with E-state index >= 15 is 0 Å². The van der Waals surface area contributed by atoms with Crippen molar-refractivity contribution in [2.24, 2.45) is 4.99 Å². The van der Waals surface area contributed by atoms with Crippen LogP contribution < -0.4 is 10.6 Å². The van der Waals surface area contributed by atoms with Crippen LogP contribution in [-0.2, 0) is 6.42 Å². The van der Waals surface area contributed by atoms with Gasteiger partial charge in [-0.2, -0.15) is 0 Å². The van der Waals surface area contributed by atoms with E-state index in [4.69, 9.17) is 0 Å². The Bertz CT molecular complexity index is 332.